The van der Waals surface area contributed by atoms with Crippen molar-refractivity contribution in [2.75, 3.05) is 5.32 Å². The summed E-state index contributed by atoms with van der Waals surface area (Å²) in [5.41, 5.74) is -0.239. The Hall–Kier alpha value is -3.29. The largest absolute Gasteiger partial charge is 0.425 e. The Bertz CT molecular complexity index is 862. The van der Waals surface area contributed by atoms with E-state index in [1.165, 1.54) is 19.1 Å². The lowest BCUT2D eigenvalue weighted by Gasteiger charge is -2.21. The van der Waals surface area contributed by atoms with Crippen LogP contribution in [-0.4, -0.2) is 23.8 Å². The van der Waals surface area contributed by atoms with Gasteiger partial charge in [-0.3, -0.25) is 9.59 Å². The number of benzene rings is 2. The molecule has 2 N–H and O–H groups in total. The van der Waals surface area contributed by atoms with E-state index in [4.69, 9.17) is 4.74 Å². The van der Waals surface area contributed by atoms with Crippen molar-refractivity contribution >= 4 is 23.5 Å². The molecule has 0 aromatic heterocycles. The first-order valence-electron chi connectivity index (χ1n) is 8.53. The fraction of sp³-hybridized carbons (Fsp3) is 0.250. The molecule has 2 aromatic carbocycles. The number of esters is 1. The molecular weight excluding hydrogens is 370 g/mol. The lowest BCUT2D eigenvalue weighted by atomic mass is 10.0. The van der Waals surface area contributed by atoms with E-state index in [-0.39, 0.29) is 11.7 Å². The number of anilines is 1. The molecule has 0 radical (unpaired) electrons. The van der Waals surface area contributed by atoms with E-state index in [1.54, 1.807) is 26.0 Å². The third-order valence-corrected chi connectivity index (χ3v) is 3.79. The highest BCUT2D eigenvalue weighted by Gasteiger charge is 2.28. The first-order valence-corrected chi connectivity index (χ1v) is 8.53. The van der Waals surface area contributed by atoms with Gasteiger partial charge in [0.2, 0.25) is 5.91 Å². The lowest BCUT2D eigenvalue weighted by molar-refractivity contribution is -0.137. The van der Waals surface area contributed by atoms with Gasteiger partial charge in [-0.1, -0.05) is 19.9 Å². The molecule has 2 aromatic rings. The van der Waals surface area contributed by atoms with Gasteiger partial charge in [-0.15, -0.1) is 0 Å². The zero-order chi connectivity index (χ0) is 20.8. The van der Waals surface area contributed by atoms with Crippen LogP contribution in [0.3, 0.4) is 0 Å². The maximum absolute atomic E-state index is 13.8. The topological polar surface area (TPSA) is 84.5 Å². The highest BCUT2D eigenvalue weighted by atomic mass is 19.1. The van der Waals surface area contributed by atoms with Crippen molar-refractivity contribution < 1.29 is 27.9 Å². The lowest BCUT2D eigenvalue weighted by Crippen LogP contribution is -2.46. The Morgan fingerprint density at radius 2 is 1.54 bits per heavy atom. The molecule has 0 aliphatic rings. The van der Waals surface area contributed by atoms with E-state index in [2.05, 4.69) is 10.6 Å². The quantitative estimate of drug-likeness (QED) is 0.586. The third kappa shape index (κ3) is 5.35. The first-order chi connectivity index (χ1) is 13.2. The molecule has 8 heteroatoms. The number of hydrogen-bond acceptors (Lipinski definition) is 4. The molecule has 0 heterocycles. The predicted molar refractivity (Wildman–Crippen MR) is 98.8 cm³/mol. The second kappa shape index (κ2) is 9.07. The Kier molecular flexibility index (Phi) is 6.81. The molecule has 2 rings (SSSR count). The highest BCUT2D eigenvalue weighted by molar-refractivity contribution is 5.97. The zero-order valence-corrected chi connectivity index (χ0v) is 15.6. The van der Waals surface area contributed by atoms with Crippen LogP contribution in [0.5, 0.6) is 5.75 Å². The van der Waals surface area contributed by atoms with Crippen molar-refractivity contribution in [1.29, 1.82) is 0 Å². The molecule has 0 aliphatic heterocycles. The van der Waals surface area contributed by atoms with E-state index in [0.717, 1.165) is 18.2 Å². The van der Waals surface area contributed by atoms with Crippen molar-refractivity contribution in [3.8, 4) is 5.75 Å². The van der Waals surface area contributed by atoms with Crippen LogP contribution in [0.2, 0.25) is 0 Å². The first kappa shape index (κ1) is 21.0. The van der Waals surface area contributed by atoms with Crippen molar-refractivity contribution in [3.05, 3.63) is 59.7 Å². The second-order valence-electron chi connectivity index (χ2n) is 6.42. The number of amides is 2. The molecule has 6 nitrogen and oxygen atoms in total. The number of nitrogens with one attached hydrogen (secondary N) is 2. The van der Waals surface area contributed by atoms with Crippen LogP contribution in [0.15, 0.2) is 42.5 Å². The van der Waals surface area contributed by atoms with Gasteiger partial charge in [-0.05, 0) is 42.3 Å². The summed E-state index contributed by atoms with van der Waals surface area (Å²) in [5, 5.41) is 4.90. The monoisotopic (exact) mass is 390 g/mol. The zero-order valence-electron chi connectivity index (χ0n) is 15.6. The summed E-state index contributed by atoms with van der Waals surface area (Å²) in [6, 6.07) is 7.96. The average molecular weight is 390 g/mol. The van der Waals surface area contributed by atoms with Gasteiger partial charge in [-0.25, -0.2) is 13.6 Å². The van der Waals surface area contributed by atoms with Gasteiger partial charge in [-0.2, -0.15) is 0 Å². The van der Waals surface area contributed by atoms with Crippen molar-refractivity contribution in [2.24, 2.45) is 5.92 Å². The second-order valence-corrected chi connectivity index (χ2v) is 6.42. The van der Waals surface area contributed by atoms with Gasteiger partial charge in [0.25, 0.3) is 5.91 Å². The number of hydrogen-bond donors (Lipinski definition) is 2. The molecule has 28 heavy (non-hydrogen) atoms. The summed E-state index contributed by atoms with van der Waals surface area (Å²) in [4.78, 5) is 35.7. The van der Waals surface area contributed by atoms with E-state index in [9.17, 15) is 23.2 Å². The molecule has 0 saturated heterocycles. The standard InChI is InChI=1S/C20H20F2N2O4/c1-11(2)18(24-19(26)17-15(21)5-4-6-16(17)22)20(27)28-14-9-7-13(8-10-14)23-12(3)25/h4-11,18H,1-3H3,(H,23,25)(H,24,26)/t18-/m0/s1. The number of rotatable bonds is 6. The SMILES string of the molecule is CC(=O)Nc1ccc(OC(=O)[C@@H](NC(=O)c2c(F)cccc2F)C(C)C)cc1. The smallest absolute Gasteiger partial charge is 0.334 e. The van der Waals surface area contributed by atoms with E-state index in [0.29, 0.717) is 5.69 Å². The summed E-state index contributed by atoms with van der Waals surface area (Å²) in [7, 11) is 0. The molecule has 0 aliphatic carbocycles. The fourth-order valence-corrected chi connectivity index (χ4v) is 2.42. The van der Waals surface area contributed by atoms with Crippen LogP contribution in [0.25, 0.3) is 0 Å². The van der Waals surface area contributed by atoms with Gasteiger partial charge in [0, 0.05) is 12.6 Å². The van der Waals surface area contributed by atoms with Gasteiger partial charge in [0.15, 0.2) is 0 Å². The number of carbonyl (C=O) groups excluding carboxylic acids is 3. The molecule has 0 bridgehead atoms. The van der Waals surface area contributed by atoms with Crippen LogP contribution < -0.4 is 15.4 Å². The van der Waals surface area contributed by atoms with Gasteiger partial charge in [0.1, 0.15) is 29.0 Å². The molecular formula is C20H20F2N2O4. The van der Waals surface area contributed by atoms with Gasteiger partial charge in [0.05, 0.1) is 0 Å². The summed E-state index contributed by atoms with van der Waals surface area (Å²) in [6.45, 7) is 4.68. The van der Waals surface area contributed by atoms with Crippen molar-refractivity contribution in [2.45, 2.75) is 26.8 Å². The van der Waals surface area contributed by atoms with Crippen molar-refractivity contribution in [1.82, 2.24) is 5.32 Å². The summed E-state index contributed by atoms with van der Waals surface area (Å²) in [5.74, 6) is -4.34. The number of ether oxygens (including phenoxy) is 1. The number of halogens is 2. The highest BCUT2D eigenvalue weighted by Crippen LogP contribution is 2.18. The maximum Gasteiger partial charge on any atom is 0.334 e. The third-order valence-electron chi connectivity index (χ3n) is 3.79. The van der Waals surface area contributed by atoms with Gasteiger partial charge < -0.3 is 15.4 Å². The van der Waals surface area contributed by atoms with Crippen molar-refractivity contribution in [3.63, 3.8) is 0 Å². The minimum atomic E-state index is -1.12. The molecule has 148 valence electrons. The molecule has 0 saturated carbocycles. The molecule has 1 atom stereocenters. The molecule has 0 fully saturated rings. The number of carbonyl (C=O) groups is 3. The Morgan fingerprint density at radius 3 is 2.04 bits per heavy atom. The average Bonchev–Trinajstić information content (AvgIpc) is 2.60. The summed E-state index contributed by atoms with van der Waals surface area (Å²) < 4.78 is 32.8. The van der Waals surface area contributed by atoms with E-state index < -0.39 is 41.0 Å². The summed E-state index contributed by atoms with van der Waals surface area (Å²) >= 11 is 0. The van der Waals surface area contributed by atoms with Gasteiger partial charge >= 0.3 is 5.97 Å². The maximum atomic E-state index is 13.8. The Morgan fingerprint density at radius 1 is 0.964 bits per heavy atom. The van der Waals surface area contributed by atoms with Crippen LogP contribution in [-0.2, 0) is 9.59 Å². The fourth-order valence-electron chi connectivity index (χ4n) is 2.42. The minimum Gasteiger partial charge on any atom is -0.425 e. The summed E-state index contributed by atoms with van der Waals surface area (Å²) in [6.07, 6.45) is 0. The minimum absolute atomic E-state index is 0.191. The molecule has 2 amide bonds. The van der Waals surface area contributed by atoms with Crippen LogP contribution in [0, 0.1) is 17.6 Å². The van der Waals surface area contributed by atoms with Crippen LogP contribution in [0.1, 0.15) is 31.1 Å². The van der Waals surface area contributed by atoms with Crippen LogP contribution in [0.4, 0.5) is 14.5 Å². The normalized spacial score (nSPS) is 11.6. The van der Waals surface area contributed by atoms with E-state index >= 15 is 0 Å². The Labute approximate surface area is 160 Å². The predicted octanol–water partition coefficient (Wildman–Crippen LogP) is 3.28. The molecule has 0 spiro atoms. The Balaban J connectivity index is 2.11. The van der Waals surface area contributed by atoms with Crippen LogP contribution >= 0.6 is 0 Å². The van der Waals surface area contributed by atoms with E-state index in [1.807, 2.05) is 0 Å². The molecule has 0 unspecified atom stereocenters.